The fraction of sp³-hybridized carbons (Fsp3) is 0.421. The number of piperidine rings is 1. The summed E-state index contributed by atoms with van der Waals surface area (Å²) < 4.78 is 10.8. The summed E-state index contributed by atoms with van der Waals surface area (Å²) >= 11 is 5.94. The van der Waals surface area contributed by atoms with Gasteiger partial charge in [0.1, 0.15) is 11.4 Å². The predicted molar refractivity (Wildman–Crippen MR) is 105 cm³/mol. The minimum atomic E-state index is -0.511. The monoisotopic (exact) mass is 390 g/mol. The molecule has 0 atom stereocenters. The van der Waals surface area contributed by atoms with Gasteiger partial charge in [-0.1, -0.05) is 6.07 Å². The summed E-state index contributed by atoms with van der Waals surface area (Å²) in [6.07, 6.45) is 4.93. The maximum absolute atomic E-state index is 12.2. The number of para-hydroxylation sites is 1. The molecule has 3 rings (SSSR count). The van der Waals surface area contributed by atoms with Crippen LogP contribution in [0.25, 0.3) is 0 Å². The molecular formula is C19H23ClN4O3. The van der Waals surface area contributed by atoms with E-state index in [4.69, 9.17) is 21.1 Å². The van der Waals surface area contributed by atoms with E-state index in [9.17, 15) is 4.79 Å². The lowest BCUT2D eigenvalue weighted by Gasteiger charge is -2.30. The first kappa shape index (κ1) is 19.2. The van der Waals surface area contributed by atoms with Gasteiger partial charge >= 0.3 is 5.97 Å². The Labute approximate surface area is 163 Å². The molecule has 2 aromatic rings. The number of benzene rings is 1. The molecule has 7 nitrogen and oxygen atoms in total. The Morgan fingerprint density at radius 3 is 2.78 bits per heavy atom. The van der Waals surface area contributed by atoms with Crippen molar-refractivity contribution in [3.8, 4) is 5.75 Å². The number of anilines is 3. The highest BCUT2D eigenvalue weighted by Gasteiger charge is 2.20. The molecule has 8 heteroatoms. The number of rotatable bonds is 6. The van der Waals surface area contributed by atoms with Crippen LogP contribution in [0, 0.1) is 0 Å². The smallest absolute Gasteiger partial charge is 0.343 e. The topological polar surface area (TPSA) is 76.6 Å². The number of hydrogen-bond donors (Lipinski definition) is 1. The van der Waals surface area contributed by atoms with Crippen molar-refractivity contribution in [3.05, 3.63) is 35.2 Å². The second-order valence-electron chi connectivity index (χ2n) is 6.15. The Bertz CT molecular complexity index is 810. The molecule has 1 aliphatic rings. The van der Waals surface area contributed by atoms with E-state index in [0.717, 1.165) is 31.6 Å². The highest BCUT2D eigenvalue weighted by molar-refractivity contribution is 6.28. The van der Waals surface area contributed by atoms with Crippen LogP contribution in [0.1, 0.15) is 36.5 Å². The van der Waals surface area contributed by atoms with Gasteiger partial charge in [0, 0.05) is 19.3 Å². The van der Waals surface area contributed by atoms with Crippen LogP contribution in [-0.4, -0.2) is 42.7 Å². The van der Waals surface area contributed by atoms with E-state index in [-0.39, 0.29) is 23.3 Å². The minimum absolute atomic E-state index is 0.0386. The second-order valence-corrected chi connectivity index (χ2v) is 6.49. The Kier molecular flexibility index (Phi) is 6.34. The third kappa shape index (κ3) is 4.42. The number of hydrogen-bond acceptors (Lipinski definition) is 7. The molecule has 1 saturated heterocycles. The Morgan fingerprint density at radius 1 is 1.30 bits per heavy atom. The normalized spacial score (nSPS) is 14.0. The van der Waals surface area contributed by atoms with E-state index in [2.05, 4.69) is 20.2 Å². The summed E-state index contributed by atoms with van der Waals surface area (Å²) in [5, 5.41) is 3.20. The fourth-order valence-corrected chi connectivity index (χ4v) is 3.30. The average Bonchev–Trinajstić information content (AvgIpc) is 2.68. The van der Waals surface area contributed by atoms with Gasteiger partial charge in [0.05, 0.1) is 25.1 Å². The van der Waals surface area contributed by atoms with Crippen LogP contribution < -0.4 is 15.0 Å². The lowest BCUT2D eigenvalue weighted by atomic mass is 10.1. The van der Waals surface area contributed by atoms with Gasteiger partial charge in [0.15, 0.2) is 5.75 Å². The van der Waals surface area contributed by atoms with E-state index in [1.165, 1.54) is 12.6 Å². The van der Waals surface area contributed by atoms with Crippen LogP contribution in [0.3, 0.4) is 0 Å². The highest BCUT2D eigenvalue weighted by Crippen LogP contribution is 2.38. The molecule has 0 radical (unpaired) electrons. The molecule has 0 bridgehead atoms. The number of nitrogens with one attached hydrogen (secondary N) is 1. The summed E-state index contributed by atoms with van der Waals surface area (Å²) in [5.41, 5.74) is 1.92. The maximum atomic E-state index is 12.2. The SMILES string of the molecule is CCOC(=O)c1cnc(Cl)nc1Nc1cccc(N2CCCCC2)c1OC. The van der Waals surface area contributed by atoms with Crippen LogP contribution >= 0.6 is 11.6 Å². The molecule has 0 spiro atoms. The minimum Gasteiger partial charge on any atom is -0.492 e. The molecule has 144 valence electrons. The van der Waals surface area contributed by atoms with Gasteiger partial charge in [0.2, 0.25) is 5.28 Å². The van der Waals surface area contributed by atoms with E-state index < -0.39 is 5.97 Å². The molecule has 1 aromatic heterocycles. The third-order valence-electron chi connectivity index (χ3n) is 4.40. The highest BCUT2D eigenvalue weighted by atomic mass is 35.5. The van der Waals surface area contributed by atoms with Gasteiger partial charge in [-0.25, -0.2) is 9.78 Å². The Hall–Kier alpha value is -2.54. The number of carbonyl (C=O) groups is 1. The molecule has 2 heterocycles. The number of ether oxygens (including phenoxy) is 2. The van der Waals surface area contributed by atoms with Crippen molar-refractivity contribution in [2.24, 2.45) is 0 Å². The molecular weight excluding hydrogens is 368 g/mol. The first-order chi connectivity index (χ1) is 13.1. The standard InChI is InChI=1S/C19H23ClN4O3/c1-3-27-18(25)13-12-21-19(20)23-17(13)22-14-8-7-9-15(16(14)26-2)24-10-5-4-6-11-24/h7-9,12H,3-6,10-11H2,1-2H3,(H,21,22,23). The molecule has 27 heavy (non-hydrogen) atoms. The molecule has 0 aliphatic carbocycles. The van der Waals surface area contributed by atoms with E-state index in [0.29, 0.717) is 11.4 Å². The lowest BCUT2D eigenvalue weighted by Crippen LogP contribution is -2.29. The maximum Gasteiger partial charge on any atom is 0.343 e. The predicted octanol–water partition coefficient (Wildman–Crippen LogP) is 4.05. The van der Waals surface area contributed by atoms with Crippen molar-refractivity contribution < 1.29 is 14.3 Å². The molecule has 1 aliphatic heterocycles. The summed E-state index contributed by atoms with van der Waals surface area (Å²) in [4.78, 5) is 22.6. The number of aromatic nitrogens is 2. The van der Waals surface area contributed by atoms with E-state index in [1.54, 1.807) is 14.0 Å². The van der Waals surface area contributed by atoms with Crippen molar-refractivity contribution in [1.29, 1.82) is 0 Å². The van der Waals surface area contributed by atoms with Crippen molar-refractivity contribution in [3.63, 3.8) is 0 Å². The van der Waals surface area contributed by atoms with Crippen LogP contribution in [0.5, 0.6) is 5.75 Å². The van der Waals surface area contributed by atoms with Gasteiger partial charge in [-0.3, -0.25) is 0 Å². The first-order valence-electron chi connectivity index (χ1n) is 9.02. The fourth-order valence-electron chi connectivity index (χ4n) is 3.16. The average molecular weight is 391 g/mol. The van der Waals surface area contributed by atoms with Crippen molar-refractivity contribution in [1.82, 2.24) is 9.97 Å². The number of methoxy groups -OCH3 is 1. The molecule has 0 amide bonds. The Balaban J connectivity index is 1.96. The van der Waals surface area contributed by atoms with Gasteiger partial charge in [-0.2, -0.15) is 4.98 Å². The van der Waals surface area contributed by atoms with Crippen LogP contribution in [0.4, 0.5) is 17.2 Å². The molecule has 0 unspecified atom stereocenters. The zero-order valence-electron chi connectivity index (χ0n) is 15.5. The zero-order chi connectivity index (χ0) is 19.2. The number of carbonyl (C=O) groups excluding carboxylic acids is 1. The number of halogens is 1. The largest absolute Gasteiger partial charge is 0.492 e. The van der Waals surface area contributed by atoms with Gasteiger partial charge in [-0.15, -0.1) is 0 Å². The van der Waals surface area contributed by atoms with Crippen LogP contribution in [0.2, 0.25) is 5.28 Å². The molecule has 1 N–H and O–H groups in total. The van der Waals surface area contributed by atoms with Crippen molar-refractivity contribution in [2.75, 3.05) is 37.0 Å². The number of nitrogens with zero attached hydrogens (tertiary/aromatic N) is 3. The summed E-state index contributed by atoms with van der Waals surface area (Å²) in [7, 11) is 1.63. The summed E-state index contributed by atoms with van der Waals surface area (Å²) in [6.45, 7) is 3.99. The third-order valence-corrected chi connectivity index (χ3v) is 4.59. The second kappa shape index (κ2) is 8.90. The van der Waals surface area contributed by atoms with Crippen LogP contribution in [0.15, 0.2) is 24.4 Å². The molecule has 0 saturated carbocycles. The van der Waals surface area contributed by atoms with Crippen LogP contribution in [-0.2, 0) is 4.74 Å². The first-order valence-corrected chi connectivity index (χ1v) is 9.40. The molecule has 1 fully saturated rings. The van der Waals surface area contributed by atoms with Crippen molar-refractivity contribution >= 4 is 34.8 Å². The summed E-state index contributed by atoms with van der Waals surface area (Å²) in [5.74, 6) is 0.467. The van der Waals surface area contributed by atoms with Crippen molar-refractivity contribution in [2.45, 2.75) is 26.2 Å². The quantitative estimate of drug-likeness (QED) is 0.588. The molecule has 1 aromatic carbocycles. The number of esters is 1. The van der Waals surface area contributed by atoms with Gasteiger partial charge < -0.3 is 19.7 Å². The van der Waals surface area contributed by atoms with Gasteiger partial charge in [0.25, 0.3) is 0 Å². The summed E-state index contributed by atoms with van der Waals surface area (Å²) in [6, 6.07) is 5.85. The van der Waals surface area contributed by atoms with E-state index in [1.807, 2.05) is 18.2 Å². The Morgan fingerprint density at radius 2 is 2.07 bits per heavy atom. The van der Waals surface area contributed by atoms with Gasteiger partial charge in [-0.05, 0) is 49.9 Å². The zero-order valence-corrected chi connectivity index (χ0v) is 16.3. The lowest BCUT2D eigenvalue weighted by molar-refractivity contribution is 0.0526. The van der Waals surface area contributed by atoms with E-state index >= 15 is 0 Å².